The number of rotatable bonds is 2. The quantitative estimate of drug-likeness (QED) is 0.636. The number of fused-ring (bicyclic) bond motifs is 1. The van der Waals surface area contributed by atoms with E-state index >= 15 is 0 Å². The van der Waals surface area contributed by atoms with E-state index in [0.29, 0.717) is 0 Å². The molecule has 3 aromatic carbocycles. The third-order valence-electron chi connectivity index (χ3n) is 5.31. The Bertz CT molecular complexity index is 942. The lowest BCUT2D eigenvalue weighted by atomic mass is 9.87. The monoisotopic (exact) mass is 341 g/mol. The van der Waals surface area contributed by atoms with Crippen LogP contribution >= 0.6 is 0 Å². The van der Waals surface area contributed by atoms with Gasteiger partial charge in [-0.25, -0.2) is 0 Å². The summed E-state index contributed by atoms with van der Waals surface area (Å²) in [6.45, 7) is 4.84. The summed E-state index contributed by atoms with van der Waals surface area (Å²) in [5, 5.41) is 0. The van der Waals surface area contributed by atoms with Gasteiger partial charge in [0, 0.05) is 12.1 Å². The fourth-order valence-electron chi connectivity index (χ4n) is 3.86. The summed E-state index contributed by atoms with van der Waals surface area (Å²) in [5.74, 6) is 0.114. The van der Waals surface area contributed by atoms with E-state index in [1.165, 1.54) is 22.3 Å². The van der Waals surface area contributed by atoms with Gasteiger partial charge in [-0.15, -0.1) is 0 Å². The molecule has 2 heteroatoms. The first kappa shape index (κ1) is 16.6. The zero-order valence-electron chi connectivity index (χ0n) is 15.3. The van der Waals surface area contributed by atoms with Crippen molar-refractivity contribution < 1.29 is 4.79 Å². The Morgan fingerprint density at radius 1 is 0.885 bits per heavy atom. The fraction of sp³-hybridized carbons (Fsp3) is 0.208. The van der Waals surface area contributed by atoms with Crippen LogP contribution in [-0.4, -0.2) is 17.4 Å². The van der Waals surface area contributed by atoms with Crippen LogP contribution in [0.3, 0.4) is 0 Å². The molecule has 4 rings (SSSR count). The van der Waals surface area contributed by atoms with Gasteiger partial charge in [0.25, 0.3) is 5.91 Å². The normalized spacial score (nSPS) is 16.2. The second-order valence-electron chi connectivity index (χ2n) is 7.08. The first-order valence-electron chi connectivity index (χ1n) is 9.16. The van der Waals surface area contributed by atoms with Crippen molar-refractivity contribution in [3.8, 4) is 0 Å². The Balaban J connectivity index is 1.82. The number of carbonyl (C=O) groups excluding carboxylic acids is 1. The lowest BCUT2D eigenvalue weighted by molar-refractivity contribution is 0.0694. The lowest BCUT2D eigenvalue weighted by Crippen LogP contribution is -2.40. The molecule has 3 aromatic rings. The first-order valence-corrected chi connectivity index (χ1v) is 9.16. The SMILES string of the molecule is Cc1ccc([C@H]2c3ccccc3CCN2C(=O)c2ccccc2C)cc1. The molecule has 0 radical (unpaired) electrons. The molecule has 0 bridgehead atoms. The van der Waals surface area contributed by atoms with Crippen LogP contribution in [-0.2, 0) is 6.42 Å². The van der Waals surface area contributed by atoms with E-state index in [1.54, 1.807) is 0 Å². The minimum absolute atomic E-state index is 0.0346. The van der Waals surface area contributed by atoms with E-state index in [2.05, 4.69) is 55.5 Å². The van der Waals surface area contributed by atoms with Crippen LogP contribution in [0.2, 0.25) is 0 Å². The molecule has 1 atom stereocenters. The molecule has 0 N–H and O–H groups in total. The van der Waals surface area contributed by atoms with Gasteiger partial charge in [-0.2, -0.15) is 0 Å². The molecular weight excluding hydrogens is 318 g/mol. The Morgan fingerprint density at radius 2 is 1.58 bits per heavy atom. The maximum Gasteiger partial charge on any atom is 0.254 e. The Hall–Kier alpha value is -2.87. The summed E-state index contributed by atoms with van der Waals surface area (Å²) in [7, 11) is 0. The third kappa shape index (κ3) is 2.92. The molecule has 0 saturated heterocycles. The highest BCUT2D eigenvalue weighted by atomic mass is 16.2. The van der Waals surface area contributed by atoms with Gasteiger partial charge in [-0.3, -0.25) is 4.79 Å². The summed E-state index contributed by atoms with van der Waals surface area (Å²) in [6, 6.07) is 24.9. The van der Waals surface area contributed by atoms with E-state index in [9.17, 15) is 4.79 Å². The van der Waals surface area contributed by atoms with E-state index in [0.717, 1.165) is 24.1 Å². The second kappa shape index (κ2) is 6.80. The van der Waals surface area contributed by atoms with Crippen molar-refractivity contribution in [2.24, 2.45) is 0 Å². The Labute approximate surface area is 155 Å². The fourth-order valence-corrected chi connectivity index (χ4v) is 3.86. The maximum absolute atomic E-state index is 13.4. The number of amides is 1. The highest BCUT2D eigenvalue weighted by molar-refractivity contribution is 5.96. The number of benzene rings is 3. The van der Waals surface area contributed by atoms with E-state index in [4.69, 9.17) is 0 Å². The van der Waals surface area contributed by atoms with E-state index in [1.807, 2.05) is 36.1 Å². The lowest BCUT2D eigenvalue weighted by Gasteiger charge is -2.38. The minimum Gasteiger partial charge on any atom is -0.327 e. The smallest absolute Gasteiger partial charge is 0.254 e. The molecule has 0 saturated carbocycles. The van der Waals surface area contributed by atoms with E-state index in [-0.39, 0.29) is 11.9 Å². The molecule has 1 aliphatic rings. The average molecular weight is 341 g/mol. The van der Waals surface area contributed by atoms with Crippen LogP contribution in [0.5, 0.6) is 0 Å². The van der Waals surface area contributed by atoms with Crippen LogP contribution < -0.4 is 0 Å². The van der Waals surface area contributed by atoms with Crippen molar-refractivity contribution in [3.63, 3.8) is 0 Å². The second-order valence-corrected chi connectivity index (χ2v) is 7.08. The molecule has 1 aliphatic heterocycles. The zero-order valence-corrected chi connectivity index (χ0v) is 15.3. The van der Waals surface area contributed by atoms with Crippen molar-refractivity contribution in [1.29, 1.82) is 0 Å². The van der Waals surface area contributed by atoms with Gasteiger partial charge in [-0.1, -0.05) is 72.3 Å². The van der Waals surface area contributed by atoms with Crippen LogP contribution in [0.4, 0.5) is 0 Å². The summed E-state index contributed by atoms with van der Waals surface area (Å²) < 4.78 is 0. The van der Waals surface area contributed by atoms with E-state index < -0.39 is 0 Å². The molecule has 0 fully saturated rings. The largest absolute Gasteiger partial charge is 0.327 e. The van der Waals surface area contributed by atoms with Crippen molar-refractivity contribution in [2.45, 2.75) is 26.3 Å². The van der Waals surface area contributed by atoms with Gasteiger partial charge in [0.15, 0.2) is 0 Å². The summed E-state index contributed by atoms with van der Waals surface area (Å²) >= 11 is 0. The molecule has 1 amide bonds. The molecule has 130 valence electrons. The van der Waals surface area contributed by atoms with Gasteiger partial charge >= 0.3 is 0 Å². The number of carbonyl (C=O) groups is 1. The summed E-state index contributed by atoms with van der Waals surface area (Å²) in [5.41, 5.74) is 6.80. The number of hydrogen-bond donors (Lipinski definition) is 0. The molecule has 26 heavy (non-hydrogen) atoms. The minimum atomic E-state index is -0.0346. The van der Waals surface area contributed by atoms with Crippen LogP contribution in [0.15, 0.2) is 72.8 Å². The molecule has 0 aliphatic carbocycles. The Kier molecular flexibility index (Phi) is 4.34. The highest BCUT2D eigenvalue weighted by Gasteiger charge is 2.32. The molecule has 0 aromatic heterocycles. The maximum atomic E-state index is 13.4. The number of hydrogen-bond acceptors (Lipinski definition) is 1. The van der Waals surface area contributed by atoms with Crippen LogP contribution in [0, 0.1) is 13.8 Å². The topological polar surface area (TPSA) is 20.3 Å². The number of aryl methyl sites for hydroxylation is 2. The summed E-state index contributed by atoms with van der Waals surface area (Å²) in [4.78, 5) is 15.4. The predicted octanol–water partition coefficient (Wildman–Crippen LogP) is 5.09. The molecule has 1 heterocycles. The Morgan fingerprint density at radius 3 is 2.35 bits per heavy atom. The zero-order chi connectivity index (χ0) is 18.1. The molecule has 2 nitrogen and oxygen atoms in total. The van der Waals surface area contributed by atoms with Crippen molar-refractivity contribution in [1.82, 2.24) is 4.90 Å². The van der Waals surface area contributed by atoms with Crippen molar-refractivity contribution >= 4 is 5.91 Å². The van der Waals surface area contributed by atoms with Gasteiger partial charge < -0.3 is 4.90 Å². The molecular formula is C24H23NO. The van der Waals surface area contributed by atoms with Crippen LogP contribution in [0.1, 0.15) is 44.2 Å². The molecule has 0 unspecified atom stereocenters. The average Bonchev–Trinajstić information content (AvgIpc) is 2.68. The van der Waals surface area contributed by atoms with Crippen molar-refractivity contribution in [2.75, 3.05) is 6.54 Å². The standard InChI is InChI=1S/C24H23NO/c1-17-11-13-20(14-12-17)23-22-10-6-4-8-19(22)15-16-25(23)24(26)21-9-5-3-7-18(21)2/h3-14,23H,15-16H2,1-2H3/t23-/m0/s1. The van der Waals surface area contributed by atoms with Gasteiger partial charge in [0.1, 0.15) is 0 Å². The first-order chi connectivity index (χ1) is 12.6. The molecule has 0 spiro atoms. The van der Waals surface area contributed by atoms with Gasteiger partial charge in [0.05, 0.1) is 6.04 Å². The highest BCUT2D eigenvalue weighted by Crippen LogP contribution is 2.36. The van der Waals surface area contributed by atoms with Crippen LogP contribution in [0.25, 0.3) is 0 Å². The predicted molar refractivity (Wildman–Crippen MR) is 105 cm³/mol. The van der Waals surface area contributed by atoms with Gasteiger partial charge in [-0.05, 0) is 48.6 Å². The number of nitrogens with zero attached hydrogens (tertiary/aromatic N) is 1. The van der Waals surface area contributed by atoms with Gasteiger partial charge in [0.2, 0.25) is 0 Å². The van der Waals surface area contributed by atoms with Crippen molar-refractivity contribution in [3.05, 3.63) is 106 Å². The third-order valence-corrected chi connectivity index (χ3v) is 5.31. The summed E-state index contributed by atoms with van der Waals surface area (Å²) in [6.07, 6.45) is 0.899.